The molecule has 1 aliphatic rings. The van der Waals surface area contributed by atoms with Gasteiger partial charge in [0.05, 0.1) is 0 Å². The van der Waals surface area contributed by atoms with Gasteiger partial charge < -0.3 is 10.4 Å². The number of nitrogens with one attached hydrogen (secondary N) is 1. The summed E-state index contributed by atoms with van der Waals surface area (Å²) in [5.41, 5.74) is 0. The number of nitrogens with zero attached hydrogens (tertiary/aromatic N) is 1. The molecule has 0 amide bonds. The number of likely N-dealkylation sites (tertiary alicyclic amines) is 1. The highest BCUT2D eigenvalue weighted by atomic mass is 16.3. The summed E-state index contributed by atoms with van der Waals surface area (Å²) >= 11 is 0. The van der Waals surface area contributed by atoms with E-state index in [0.29, 0.717) is 12.6 Å². The molecule has 3 heteroatoms. The van der Waals surface area contributed by atoms with Crippen molar-refractivity contribution in [1.82, 2.24) is 10.2 Å². The summed E-state index contributed by atoms with van der Waals surface area (Å²) in [7, 11) is 0. The molecule has 0 aromatic rings. The summed E-state index contributed by atoms with van der Waals surface area (Å²) in [6.07, 6.45) is 4.92. The lowest BCUT2D eigenvalue weighted by atomic mass is 10.0. The van der Waals surface area contributed by atoms with E-state index in [9.17, 15) is 0 Å². The quantitative estimate of drug-likeness (QED) is 0.698. The van der Waals surface area contributed by atoms with Crippen LogP contribution in [0.15, 0.2) is 0 Å². The summed E-state index contributed by atoms with van der Waals surface area (Å²) in [5.74, 6) is 0. The predicted molar refractivity (Wildman–Crippen MR) is 64.1 cm³/mol. The third-order valence-electron chi connectivity index (χ3n) is 3.37. The molecule has 0 aromatic carbocycles. The second-order valence-electron chi connectivity index (χ2n) is 4.61. The highest BCUT2D eigenvalue weighted by Crippen LogP contribution is 2.16. The first-order valence-corrected chi connectivity index (χ1v) is 6.36. The average molecular weight is 214 g/mol. The summed E-state index contributed by atoms with van der Waals surface area (Å²) in [6, 6.07) is 1.18. The van der Waals surface area contributed by atoms with Gasteiger partial charge in [0.15, 0.2) is 0 Å². The third kappa shape index (κ3) is 4.49. The molecular weight excluding hydrogens is 188 g/mol. The van der Waals surface area contributed by atoms with E-state index in [0.717, 1.165) is 25.6 Å². The van der Waals surface area contributed by atoms with Crippen LogP contribution < -0.4 is 5.32 Å². The smallest absolute Gasteiger partial charge is 0.0446 e. The molecular formula is C12H26N2O. The maximum Gasteiger partial charge on any atom is 0.0446 e. The Balaban J connectivity index is 2.33. The van der Waals surface area contributed by atoms with E-state index in [1.165, 1.54) is 25.8 Å². The molecule has 0 spiro atoms. The Bertz CT molecular complexity index is 158. The minimum Gasteiger partial charge on any atom is -0.396 e. The van der Waals surface area contributed by atoms with Crippen LogP contribution in [0, 0.1) is 0 Å². The zero-order chi connectivity index (χ0) is 11.1. The maximum atomic E-state index is 9.00. The SMILES string of the molecule is CCNC(CCO)CN1CCCCC1C. The molecule has 1 saturated heterocycles. The van der Waals surface area contributed by atoms with E-state index in [4.69, 9.17) is 5.11 Å². The van der Waals surface area contributed by atoms with Gasteiger partial charge >= 0.3 is 0 Å². The number of likely N-dealkylation sites (N-methyl/N-ethyl adjacent to an activating group) is 1. The summed E-state index contributed by atoms with van der Waals surface area (Å²) < 4.78 is 0. The minimum atomic E-state index is 0.292. The third-order valence-corrected chi connectivity index (χ3v) is 3.37. The van der Waals surface area contributed by atoms with Gasteiger partial charge in [-0.25, -0.2) is 0 Å². The zero-order valence-corrected chi connectivity index (χ0v) is 10.2. The molecule has 1 heterocycles. The lowest BCUT2D eigenvalue weighted by Gasteiger charge is -2.36. The molecule has 2 atom stereocenters. The van der Waals surface area contributed by atoms with E-state index in [1.54, 1.807) is 0 Å². The normalized spacial score (nSPS) is 25.4. The van der Waals surface area contributed by atoms with Crippen LogP contribution in [0.4, 0.5) is 0 Å². The Morgan fingerprint density at radius 3 is 2.87 bits per heavy atom. The molecule has 1 fully saturated rings. The Hall–Kier alpha value is -0.120. The Labute approximate surface area is 93.9 Å². The van der Waals surface area contributed by atoms with Crippen molar-refractivity contribution in [1.29, 1.82) is 0 Å². The van der Waals surface area contributed by atoms with Crippen molar-refractivity contribution in [2.45, 2.75) is 51.6 Å². The Morgan fingerprint density at radius 2 is 2.27 bits per heavy atom. The monoisotopic (exact) mass is 214 g/mol. The summed E-state index contributed by atoms with van der Waals surface area (Å²) in [5, 5.41) is 12.4. The van der Waals surface area contributed by atoms with Crippen LogP contribution in [-0.4, -0.2) is 48.3 Å². The van der Waals surface area contributed by atoms with Crippen molar-refractivity contribution in [2.75, 3.05) is 26.2 Å². The van der Waals surface area contributed by atoms with Crippen LogP contribution in [0.1, 0.15) is 39.5 Å². The van der Waals surface area contributed by atoms with Crippen molar-refractivity contribution in [3.05, 3.63) is 0 Å². The fraction of sp³-hybridized carbons (Fsp3) is 1.00. The second-order valence-corrected chi connectivity index (χ2v) is 4.61. The number of aliphatic hydroxyl groups is 1. The predicted octanol–water partition coefficient (Wildman–Crippen LogP) is 1.22. The molecule has 15 heavy (non-hydrogen) atoms. The number of hydrogen-bond donors (Lipinski definition) is 2. The molecule has 0 saturated carbocycles. The maximum absolute atomic E-state index is 9.00. The summed E-state index contributed by atoms with van der Waals surface area (Å²) in [6.45, 7) is 8.06. The first-order valence-electron chi connectivity index (χ1n) is 6.36. The van der Waals surface area contributed by atoms with Gasteiger partial charge in [0.1, 0.15) is 0 Å². The zero-order valence-electron chi connectivity index (χ0n) is 10.2. The van der Waals surface area contributed by atoms with Crippen molar-refractivity contribution >= 4 is 0 Å². The fourth-order valence-corrected chi connectivity index (χ4v) is 2.41. The van der Waals surface area contributed by atoms with Gasteiger partial charge in [-0.15, -0.1) is 0 Å². The molecule has 3 nitrogen and oxygen atoms in total. The van der Waals surface area contributed by atoms with Crippen molar-refractivity contribution in [3.8, 4) is 0 Å². The molecule has 1 aliphatic heterocycles. The molecule has 0 radical (unpaired) electrons. The number of aliphatic hydroxyl groups excluding tert-OH is 1. The standard InChI is InChI=1S/C12H26N2O/c1-3-13-12(7-9-15)10-14-8-5-4-6-11(14)2/h11-13,15H,3-10H2,1-2H3. The van der Waals surface area contributed by atoms with Crippen molar-refractivity contribution < 1.29 is 5.11 Å². The van der Waals surface area contributed by atoms with Crippen LogP contribution in [0.5, 0.6) is 0 Å². The van der Waals surface area contributed by atoms with E-state index < -0.39 is 0 Å². The topological polar surface area (TPSA) is 35.5 Å². The van der Waals surface area contributed by atoms with Crippen LogP contribution in [0.3, 0.4) is 0 Å². The number of hydrogen-bond acceptors (Lipinski definition) is 3. The van der Waals surface area contributed by atoms with Gasteiger partial charge in [0.25, 0.3) is 0 Å². The second kappa shape index (κ2) is 7.20. The number of rotatable bonds is 6. The Morgan fingerprint density at radius 1 is 1.47 bits per heavy atom. The van der Waals surface area contributed by atoms with Crippen LogP contribution in [-0.2, 0) is 0 Å². The molecule has 2 unspecified atom stereocenters. The van der Waals surface area contributed by atoms with Crippen LogP contribution >= 0.6 is 0 Å². The molecule has 2 N–H and O–H groups in total. The first-order chi connectivity index (χ1) is 7.27. The Kier molecular flexibility index (Phi) is 6.22. The highest BCUT2D eigenvalue weighted by molar-refractivity contribution is 4.78. The molecule has 90 valence electrons. The van der Waals surface area contributed by atoms with Crippen LogP contribution in [0.25, 0.3) is 0 Å². The van der Waals surface area contributed by atoms with E-state index >= 15 is 0 Å². The fourth-order valence-electron chi connectivity index (χ4n) is 2.41. The van der Waals surface area contributed by atoms with E-state index in [2.05, 4.69) is 24.1 Å². The van der Waals surface area contributed by atoms with Crippen LogP contribution in [0.2, 0.25) is 0 Å². The van der Waals surface area contributed by atoms with Gasteiger partial charge in [-0.2, -0.15) is 0 Å². The van der Waals surface area contributed by atoms with Crippen molar-refractivity contribution in [2.24, 2.45) is 0 Å². The summed E-state index contributed by atoms with van der Waals surface area (Å²) in [4.78, 5) is 2.56. The largest absolute Gasteiger partial charge is 0.396 e. The van der Waals surface area contributed by atoms with Gasteiger partial charge in [-0.1, -0.05) is 13.3 Å². The molecule has 0 bridgehead atoms. The molecule has 0 aromatic heterocycles. The van der Waals surface area contributed by atoms with E-state index in [1.807, 2.05) is 0 Å². The lowest BCUT2D eigenvalue weighted by molar-refractivity contribution is 0.135. The first kappa shape index (κ1) is 12.9. The molecule has 0 aliphatic carbocycles. The van der Waals surface area contributed by atoms with Gasteiger partial charge in [-0.3, -0.25) is 4.90 Å². The highest BCUT2D eigenvalue weighted by Gasteiger charge is 2.20. The minimum absolute atomic E-state index is 0.292. The van der Waals surface area contributed by atoms with Gasteiger partial charge in [0.2, 0.25) is 0 Å². The number of piperidine rings is 1. The molecule has 1 rings (SSSR count). The lowest BCUT2D eigenvalue weighted by Crippen LogP contribution is -2.47. The van der Waals surface area contributed by atoms with Gasteiger partial charge in [0, 0.05) is 25.2 Å². The van der Waals surface area contributed by atoms with E-state index in [-0.39, 0.29) is 0 Å². The average Bonchev–Trinajstić information content (AvgIpc) is 2.22. The van der Waals surface area contributed by atoms with Gasteiger partial charge in [-0.05, 0) is 39.3 Å². The van der Waals surface area contributed by atoms with Crippen molar-refractivity contribution in [3.63, 3.8) is 0 Å².